The summed E-state index contributed by atoms with van der Waals surface area (Å²) in [6, 6.07) is 14.6. The van der Waals surface area contributed by atoms with Crippen molar-refractivity contribution in [2.75, 3.05) is 7.11 Å². The van der Waals surface area contributed by atoms with E-state index in [1.165, 1.54) is 24.8 Å². The summed E-state index contributed by atoms with van der Waals surface area (Å²) in [6.07, 6.45) is 2.08. The minimum Gasteiger partial charge on any atom is -0.493 e. The Bertz CT molecular complexity index is 984. The van der Waals surface area contributed by atoms with Gasteiger partial charge in [0.25, 0.3) is 0 Å². The van der Waals surface area contributed by atoms with Crippen LogP contribution in [0.15, 0.2) is 53.1 Å². The van der Waals surface area contributed by atoms with Crippen molar-refractivity contribution in [1.82, 2.24) is 4.98 Å². The number of carbonyl (C=O) groups excluding carboxylic acids is 1. The molecule has 0 atom stereocenters. The minimum absolute atomic E-state index is 0.108. The second-order valence-electron chi connectivity index (χ2n) is 5.94. The third-order valence-electron chi connectivity index (χ3n) is 3.95. The van der Waals surface area contributed by atoms with Gasteiger partial charge < -0.3 is 13.9 Å². The van der Waals surface area contributed by atoms with Crippen LogP contribution in [0.5, 0.6) is 11.5 Å². The van der Waals surface area contributed by atoms with Gasteiger partial charge >= 0.3 is 5.97 Å². The Morgan fingerprint density at radius 2 is 1.96 bits per heavy atom. The molecule has 0 spiro atoms. The van der Waals surface area contributed by atoms with E-state index < -0.39 is 5.97 Å². The number of nitrogens with zero attached hydrogens (tertiary/aromatic N) is 2. The second kappa shape index (κ2) is 8.19. The molecule has 1 heterocycles. The van der Waals surface area contributed by atoms with Crippen LogP contribution in [-0.4, -0.2) is 18.1 Å². The molecule has 0 saturated heterocycles. The Morgan fingerprint density at radius 3 is 2.67 bits per heavy atom. The van der Waals surface area contributed by atoms with E-state index in [0.29, 0.717) is 29.4 Å². The van der Waals surface area contributed by atoms with Gasteiger partial charge in [-0.2, -0.15) is 5.26 Å². The fraction of sp³-hybridized carbons (Fsp3) is 0.190. The van der Waals surface area contributed by atoms with Crippen molar-refractivity contribution in [3.8, 4) is 28.9 Å². The van der Waals surface area contributed by atoms with Gasteiger partial charge in [-0.05, 0) is 19.1 Å². The molecule has 0 radical (unpaired) electrons. The van der Waals surface area contributed by atoms with Crippen molar-refractivity contribution < 1.29 is 18.7 Å². The van der Waals surface area contributed by atoms with E-state index in [1.54, 1.807) is 12.3 Å². The zero-order valence-electron chi connectivity index (χ0n) is 15.1. The largest absolute Gasteiger partial charge is 0.493 e. The summed E-state index contributed by atoms with van der Waals surface area (Å²) in [5.41, 5.74) is 2.53. The monoisotopic (exact) mass is 362 g/mol. The molecule has 6 heteroatoms. The molecule has 27 heavy (non-hydrogen) atoms. The standard InChI is InChI=1S/C21H18N2O4/c1-14-3-6-16(7-4-14)19-13-23-20(26-19)9-10-21(24)27-17-8-5-15(12-22)11-18(17)25-2/h3-8,11,13H,9-10H2,1-2H3. The fourth-order valence-corrected chi connectivity index (χ4v) is 2.48. The summed E-state index contributed by atoms with van der Waals surface area (Å²) in [5.74, 6) is 1.30. The molecule has 136 valence electrons. The van der Waals surface area contributed by atoms with Gasteiger partial charge in [0.2, 0.25) is 0 Å². The van der Waals surface area contributed by atoms with Crippen molar-refractivity contribution >= 4 is 5.97 Å². The number of oxazole rings is 1. The van der Waals surface area contributed by atoms with Gasteiger partial charge in [-0.25, -0.2) is 4.98 Å². The number of rotatable bonds is 6. The van der Waals surface area contributed by atoms with E-state index in [0.717, 1.165) is 5.56 Å². The molecular formula is C21H18N2O4. The lowest BCUT2D eigenvalue weighted by atomic mass is 10.1. The first kappa shape index (κ1) is 18.2. The predicted molar refractivity (Wildman–Crippen MR) is 98.3 cm³/mol. The highest BCUT2D eigenvalue weighted by molar-refractivity contribution is 5.73. The summed E-state index contributed by atoms with van der Waals surface area (Å²) in [7, 11) is 1.45. The number of esters is 1. The van der Waals surface area contributed by atoms with E-state index in [1.807, 2.05) is 37.3 Å². The number of methoxy groups -OCH3 is 1. The highest BCUT2D eigenvalue weighted by Crippen LogP contribution is 2.28. The SMILES string of the molecule is COc1cc(C#N)ccc1OC(=O)CCc1ncc(-c2ccc(C)cc2)o1. The molecule has 0 aliphatic carbocycles. The molecule has 2 aromatic carbocycles. The van der Waals surface area contributed by atoms with Crippen LogP contribution in [0.25, 0.3) is 11.3 Å². The van der Waals surface area contributed by atoms with Gasteiger partial charge in [-0.3, -0.25) is 4.79 Å². The van der Waals surface area contributed by atoms with Gasteiger partial charge in [0.05, 0.1) is 31.4 Å². The third-order valence-corrected chi connectivity index (χ3v) is 3.95. The number of aromatic nitrogens is 1. The van der Waals surface area contributed by atoms with Gasteiger partial charge in [0, 0.05) is 18.1 Å². The molecule has 0 aliphatic rings. The van der Waals surface area contributed by atoms with Gasteiger partial charge in [0.15, 0.2) is 23.1 Å². The van der Waals surface area contributed by atoms with Gasteiger partial charge in [0.1, 0.15) is 0 Å². The van der Waals surface area contributed by atoms with Crippen LogP contribution in [0.2, 0.25) is 0 Å². The number of ether oxygens (including phenoxy) is 2. The van der Waals surface area contributed by atoms with Gasteiger partial charge in [-0.15, -0.1) is 0 Å². The van der Waals surface area contributed by atoms with Crippen LogP contribution < -0.4 is 9.47 Å². The van der Waals surface area contributed by atoms with Crippen molar-refractivity contribution in [3.63, 3.8) is 0 Å². The van der Waals surface area contributed by atoms with E-state index in [-0.39, 0.29) is 12.2 Å². The molecule has 1 aromatic heterocycles. The van der Waals surface area contributed by atoms with Crippen molar-refractivity contribution in [2.24, 2.45) is 0 Å². The number of carbonyl (C=O) groups is 1. The number of nitriles is 1. The molecule has 0 saturated carbocycles. The van der Waals surface area contributed by atoms with Gasteiger partial charge in [-0.1, -0.05) is 29.8 Å². The van der Waals surface area contributed by atoms with E-state index in [2.05, 4.69) is 4.98 Å². The number of aryl methyl sites for hydroxylation is 2. The summed E-state index contributed by atoms with van der Waals surface area (Å²) >= 11 is 0. The number of hydrogen-bond donors (Lipinski definition) is 0. The first-order chi connectivity index (χ1) is 13.1. The average molecular weight is 362 g/mol. The Morgan fingerprint density at radius 1 is 1.19 bits per heavy atom. The van der Waals surface area contributed by atoms with Crippen LogP contribution in [-0.2, 0) is 11.2 Å². The quantitative estimate of drug-likeness (QED) is 0.485. The van der Waals surface area contributed by atoms with Crippen molar-refractivity contribution in [2.45, 2.75) is 19.8 Å². The third kappa shape index (κ3) is 4.53. The maximum Gasteiger partial charge on any atom is 0.311 e. The normalized spacial score (nSPS) is 10.3. The molecule has 6 nitrogen and oxygen atoms in total. The maximum atomic E-state index is 12.1. The lowest BCUT2D eigenvalue weighted by Gasteiger charge is -2.08. The number of hydrogen-bond acceptors (Lipinski definition) is 6. The van der Waals surface area contributed by atoms with Crippen molar-refractivity contribution in [3.05, 3.63) is 65.7 Å². The fourth-order valence-electron chi connectivity index (χ4n) is 2.48. The molecule has 0 fully saturated rings. The predicted octanol–water partition coefficient (Wildman–Crippen LogP) is 4.07. The van der Waals surface area contributed by atoms with Crippen LogP contribution in [0.4, 0.5) is 0 Å². The molecule has 0 unspecified atom stereocenters. The molecule has 0 aliphatic heterocycles. The minimum atomic E-state index is -0.437. The highest BCUT2D eigenvalue weighted by Gasteiger charge is 2.13. The molecule has 0 amide bonds. The highest BCUT2D eigenvalue weighted by atomic mass is 16.6. The van der Waals surface area contributed by atoms with E-state index in [9.17, 15) is 4.79 Å². The van der Waals surface area contributed by atoms with E-state index >= 15 is 0 Å². The smallest absolute Gasteiger partial charge is 0.311 e. The second-order valence-corrected chi connectivity index (χ2v) is 5.94. The number of benzene rings is 2. The summed E-state index contributed by atoms with van der Waals surface area (Å²) < 4.78 is 16.2. The Hall–Kier alpha value is -3.59. The first-order valence-electron chi connectivity index (χ1n) is 8.39. The Labute approximate surface area is 157 Å². The summed E-state index contributed by atoms with van der Waals surface area (Å²) in [4.78, 5) is 16.3. The topological polar surface area (TPSA) is 85.4 Å². The Balaban J connectivity index is 1.60. The zero-order chi connectivity index (χ0) is 19.2. The Kier molecular flexibility index (Phi) is 5.53. The molecular weight excluding hydrogens is 344 g/mol. The molecule has 3 rings (SSSR count). The van der Waals surface area contributed by atoms with Crippen molar-refractivity contribution in [1.29, 1.82) is 5.26 Å². The first-order valence-corrected chi connectivity index (χ1v) is 8.39. The molecule has 0 N–H and O–H groups in total. The summed E-state index contributed by atoms with van der Waals surface area (Å²) in [6.45, 7) is 2.02. The van der Waals surface area contributed by atoms with Crippen LogP contribution >= 0.6 is 0 Å². The lowest BCUT2D eigenvalue weighted by Crippen LogP contribution is -2.10. The van der Waals surface area contributed by atoms with Crippen LogP contribution in [0, 0.1) is 18.3 Å². The van der Waals surface area contributed by atoms with Crippen LogP contribution in [0.3, 0.4) is 0 Å². The molecule has 3 aromatic rings. The average Bonchev–Trinajstić information content (AvgIpc) is 3.16. The van der Waals surface area contributed by atoms with E-state index in [4.69, 9.17) is 19.2 Å². The summed E-state index contributed by atoms with van der Waals surface area (Å²) in [5, 5.41) is 8.91. The maximum absolute atomic E-state index is 12.1. The van der Waals surface area contributed by atoms with Crippen LogP contribution in [0.1, 0.15) is 23.4 Å². The zero-order valence-corrected chi connectivity index (χ0v) is 15.1. The lowest BCUT2D eigenvalue weighted by molar-refractivity contribution is -0.134. The molecule has 0 bridgehead atoms.